The van der Waals surface area contributed by atoms with Crippen molar-refractivity contribution < 1.29 is 4.42 Å². The van der Waals surface area contributed by atoms with Crippen LogP contribution in [0.5, 0.6) is 0 Å². The topological polar surface area (TPSA) is 79.6 Å². The van der Waals surface area contributed by atoms with Crippen LogP contribution in [0.15, 0.2) is 45.5 Å². The molecule has 0 saturated carbocycles. The van der Waals surface area contributed by atoms with Crippen LogP contribution >= 0.6 is 15.9 Å². The summed E-state index contributed by atoms with van der Waals surface area (Å²) in [5, 5.41) is 17.3. The molecule has 0 saturated heterocycles. The number of hydrogen-bond donors (Lipinski definition) is 2. The second-order valence-corrected chi connectivity index (χ2v) is 5.11. The largest absolute Gasteiger partial charge is 0.452 e. The van der Waals surface area contributed by atoms with Crippen LogP contribution in [-0.2, 0) is 0 Å². The first-order valence-corrected chi connectivity index (χ1v) is 6.87. The maximum atomic E-state index is 5.53. The number of anilines is 1. The third-order valence-corrected chi connectivity index (χ3v) is 3.30. The van der Waals surface area contributed by atoms with Gasteiger partial charge in [0.05, 0.1) is 6.04 Å². The zero-order valence-electron chi connectivity index (χ0n) is 10.7. The lowest BCUT2D eigenvalue weighted by molar-refractivity contribution is 0.471. The quantitative estimate of drug-likeness (QED) is 0.764. The lowest BCUT2D eigenvalue weighted by atomic mass is 10.1. The molecule has 0 aliphatic rings. The van der Waals surface area contributed by atoms with Crippen LogP contribution in [0.25, 0.3) is 11.4 Å². The monoisotopic (exact) mass is 333 g/mol. The van der Waals surface area contributed by atoms with E-state index in [9.17, 15) is 0 Å². The third kappa shape index (κ3) is 2.72. The minimum Gasteiger partial charge on any atom is -0.452 e. The first-order chi connectivity index (χ1) is 9.72. The maximum Gasteiger partial charge on any atom is 0.204 e. The van der Waals surface area contributed by atoms with Crippen LogP contribution in [0.2, 0.25) is 0 Å². The zero-order valence-corrected chi connectivity index (χ0v) is 12.3. The Kier molecular flexibility index (Phi) is 3.51. The van der Waals surface area contributed by atoms with Gasteiger partial charge in [0.1, 0.15) is 5.76 Å². The molecular formula is C13H12BrN5O. The van der Waals surface area contributed by atoms with Crippen molar-refractivity contribution in [3.8, 4) is 11.4 Å². The number of benzene rings is 1. The number of nitrogens with zero attached hydrogens (tertiary/aromatic N) is 3. The number of H-pyrrole nitrogens is 1. The zero-order chi connectivity index (χ0) is 13.9. The molecule has 0 aliphatic carbocycles. The molecular weight excluding hydrogens is 322 g/mol. The van der Waals surface area contributed by atoms with Gasteiger partial charge in [-0.05, 0) is 52.3 Å². The second-order valence-electron chi connectivity index (χ2n) is 4.32. The van der Waals surface area contributed by atoms with Gasteiger partial charge in [-0.2, -0.15) is 5.21 Å². The molecule has 0 spiro atoms. The molecule has 2 heterocycles. The number of furan rings is 1. The molecule has 6 nitrogen and oxygen atoms in total. The van der Waals surface area contributed by atoms with Crippen molar-refractivity contribution in [3.63, 3.8) is 0 Å². The van der Waals surface area contributed by atoms with E-state index in [2.05, 4.69) is 41.9 Å². The first kappa shape index (κ1) is 12.9. The van der Waals surface area contributed by atoms with Crippen molar-refractivity contribution in [3.05, 3.63) is 46.8 Å². The fourth-order valence-electron chi connectivity index (χ4n) is 1.91. The Labute approximate surface area is 123 Å². The number of aromatic amines is 1. The van der Waals surface area contributed by atoms with E-state index < -0.39 is 0 Å². The SMILES string of the molecule is CC(Nc1cccc(-c2nn[nH]n2)c1)c1ccc(Br)o1. The van der Waals surface area contributed by atoms with E-state index in [4.69, 9.17) is 4.42 Å². The van der Waals surface area contributed by atoms with Crippen molar-refractivity contribution in [2.45, 2.75) is 13.0 Å². The Morgan fingerprint density at radius 1 is 1.30 bits per heavy atom. The van der Waals surface area contributed by atoms with Crippen molar-refractivity contribution >= 4 is 21.6 Å². The highest BCUT2D eigenvalue weighted by Gasteiger charge is 2.10. The summed E-state index contributed by atoms with van der Waals surface area (Å²) in [5.41, 5.74) is 1.86. The number of rotatable bonds is 4. The van der Waals surface area contributed by atoms with Crippen LogP contribution in [0.3, 0.4) is 0 Å². The van der Waals surface area contributed by atoms with E-state index in [1.165, 1.54) is 0 Å². The van der Waals surface area contributed by atoms with Gasteiger partial charge in [0.15, 0.2) is 4.67 Å². The van der Waals surface area contributed by atoms with Gasteiger partial charge in [0.2, 0.25) is 5.82 Å². The smallest absolute Gasteiger partial charge is 0.204 e. The molecule has 1 aromatic carbocycles. The summed E-state index contributed by atoms with van der Waals surface area (Å²) in [6.07, 6.45) is 0. The van der Waals surface area contributed by atoms with Gasteiger partial charge in [-0.1, -0.05) is 12.1 Å². The summed E-state index contributed by atoms with van der Waals surface area (Å²) in [5.74, 6) is 1.43. The Hall–Kier alpha value is -2.15. The number of aromatic nitrogens is 4. The van der Waals surface area contributed by atoms with E-state index in [1.54, 1.807) is 0 Å². The van der Waals surface area contributed by atoms with Crippen LogP contribution in [0.4, 0.5) is 5.69 Å². The van der Waals surface area contributed by atoms with E-state index in [0.717, 1.165) is 21.7 Å². The number of hydrogen-bond acceptors (Lipinski definition) is 5. The molecule has 1 atom stereocenters. The molecule has 0 aliphatic heterocycles. The molecule has 3 aromatic rings. The van der Waals surface area contributed by atoms with Gasteiger partial charge in [-0.25, -0.2) is 0 Å². The second kappa shape index (κ2) is 5.46. The Balaban J connectivity index is 1.79. The van der Waals surface area contributed by atoms with E-state index >= 15 is 0 Å². The highest BCUT2D eigenvalue weighted by atomic mass is 79.9. The van der Waals surface area contributed by atoms with E-state index in [1.807, 2.05) is 43.3 Å². The Morgan fingerprint density at radius 2 is 2.20 bits per heavy atom. The number of halogens is 1. The molecule has 0 fully saturated rings. The highest BCUT2D eigenvalue weighted by molar-refractivity contribution is 9.10. The Bertz CT molecular complexity index is 694. The summed E-state index contributed by atoms with van der Waals surface area (Å²) >= 11 is 3.30. The molecule has 0 radical (unpaired) electrons. The highest BCUT2D eigenvalue weighted by Crippen LogP contribution is 2.25. The first-order valence-electron chi connectivity index (χ1n) is 6.08. The van der Waals surface area contributed by atoms with Gasteiger partial charge in [-0.15, -0.1) is 10.2 Å². The van der Waals surface area contributed by atoms with Gasteiger partial charge in [-0.3, -0.25) is 0 Å². The fourth-order valence-corrected chi connectivity index (χ4v) is 2.23. The van der Waals surface area contributed by atoms with Crippen molar-refractivity contribution in [1.82, 2.24) is 20.6 Å². The maximum absolute atomic E-state index is 5.53. The van der Waals surface area contributed by atoms with Gasteiger partial charge in [0.25, 0.3) is 0 Å². The van der Waals surface area contributed by atoms with Gasteiger partial charge < -0.3 is 9.73 Å². The summed E-state index contributed by atoms with van der Waals surface area (Å²) in [6, 6.07) is 11.7. The van der Waals surface area contributed by atoms with Crippen LogP contribution in [0.1, 0.15) is 18.7 Å². The van der Waals surface area contributed by atoms with Crippen molar-refractivity contribution in [1.29, 1.82) is 0 Å². The van der Waals surface area contributed by atoms with Crippen molar-refractivity contribution in [2.24, 2.45) is 0 Å². The fraction of sp³-hybridized carbons (Fsp3) is 0.154. The van der Waals surface area contributed by atoms with E-state index in [-0.39, 0.29) is 6.04 Å². The Morgan fingerprint density at radius 3 is 2.90 bits per heavy atom. The number of nitrogens with one attached hydrogen (secondary N) is 2. The molecule has 2 N–H and O–H groups in total. The minimum absolute atomic E-state index is 0.0572. The lowest BCUT2D eigenvalue weighted by Crippen LogP contribution is -2.05. The molecule has 1 unspecified atom stereocenters. The minimum atomic E-state index is 0.0572. The van der Waals surface area contributed by atoms with Crippen LogP contribution in [0, 0.1) is 0 Å². The molecule has 3 rings (SSSR count). The number of tetrazole rings is 1. The van der Waals surface area contributed by atoms with Crippen molar-refractivity contribution in [2.75, 3.05) is 5.32 Å². The summed E-state index contributed by atoms with van der Waals surface area (Å²) in [6.45, 7) is 2.03. The predicted molar refractivity (Wildman–Crippen MR) is 78.1 cm³/mol. The molecule has 2 aromatic heterocycles. The molecule has 20 heavy (non-hydrogen) atoms. The molecule has 0 amide bonds. The predicted octanol–water partition coefficient (Wildman–Crippen LogP) is 3.40. The van der Waals surface area contributed by atoms with Crippen LogP contribution in [-0.4, -0.2) is 20.6 Å². The summed E-state index contributed by atoms with van der Waals surface area (Å²) in [4.78, 5) is 0. The third-order valence-electron chi connectivity index (χ3n) is 2.87. The van der Waals surface area contributed by atoms with Gasteiger partial charge >= 0.3 is 0 Å². The standard InChI is InChI=1S/C13H12BrN5O/c1-8(11-5-6-12(14)20-11)15-10-4-2-3-9(7-10)13-16-18-19-17-13/h2-8,15H,1H3,(H,16,17,18,19). The van der Waals surface area contributed by atoms with E-state index in [0.29, 0.717) is 5.82 Å². The summed E-state index contributed by atoms with van der Waals surface area (Å²) < 4.78 is 6.26. The summed E-state index contributed by atoms with van der Waals surface area (Å²) in [7, 11) is 0. The normalized spacial score (nSPS) is 12.3. The average molecular weight is 334 g/mol. The molecule has 0 bridgehead atoms. The van der Waals surface area contributed by atoms with Gasteiger partial charge in [0, 0.05) is 11.3 Å². The average Bonchev–Trinajstić information content (AvgIpc) is 3.10. The lowest BCUT2D eigenvalue weighted by Gasteiger charge is -2.13. The van der Waals surface area contributed by atoms with Crippen LogP contribution < -0.4 is 5.32 Å². The molecule has 102 valence electrons. The molecule has 7 heteroatoms.